The molecular formula is C21H19F3N2O3. The van der Waals surface area contributed by atoms with Gasteiger partial charge in [-0.1, -0.05) is 48.5 Å². The number of urea groups is 1. The van der Waals surface area contributed by atoms with Crippen molar-refractivity contribution in [3.8, 4) is 0 Å². The zero-order valence-corrected chi connectivity index (χ0v) is 15.8. The van der Waals surface area contributed by atoms with Gasteiger partial charge in [0.2, 0.25) is 0 Å². The van der Waals surface area contributed by atoms with E-state index in [0.717, 1.165) is 11.6 Å². The first-order valence-electron chi connectivity index (χ1n) is 8.82. The van der Waals surface area contributed by atoms with E-state index < -0.39 is 29.8 Å². The van der Waals surface area contributed by atoms with Crippen LogP contribution >= 0.6 is 0 Å². The SMILES string of the molecule is CC1=C(C(=O)OCc2ccccc2)[C@@H](c2ccccc2C(F)(F)F)NC(=O)N1C. The van der Waals surface area contributed by atoms with Crippen molar-refractivity contribution >= 4 is 12.0 Å². The summed E-state index contributed by atoms with van der Waals surface area (Å²) >= 11 is 0. The number of ether oxygens (including phenoxy) is 1. The van der Waals surface area contributed by atoms with Gasteiger partial charge in [-0.15, -0.1) is 0 Å². The summed E-state index contributed by atoms with van der Waals surface area (Å²) in [7, 11) is 1.43. The number of alkyl halides is 3. The van der Waals surface area contributed by atoms with E-state index in [1.165, 1.54) is 37.1 Å². The lowest BCUT2D eigenvalue weighted by Gasteiger charge is -2.34. The van der Waals surface area contributed by atoms with Crippen LogP contribution in [-0.2, 0) is 22.3 Å². The van der Waals surface area contributed by atoms with E-state index in [2.05, 4.69) is 5.32 Å². The van der Waals surface area contributed by atoms with E-state index in [1.807, 2.05) is 6.07 Å². The summed E-state index contributed by atoms with van der Waals surface area (Å²) in [5.41, 5.74) is -0.212. The molecule has 0 aromatic heterocycles. The van der Waals surface area contributed by atoms with E-state index in [-0.39, 0.29) is 23.4 Å². The minimum atomic E-state index is -4.64. The summed E-state index contributed by atoms with van der Waals surface area (Å²) in [5.74, 6) is -0.791. The normalized spacial score (nSPS) is 17.2. The van der Waals surface area contributed by atoms with Gasteiger partial charge in [0.25, 0.3) is 0 Å². The van der Waals surface area contributed by atoms with Crippen LogP contribution in [0, 0.1) is 0 Å². The van der Waals surface area contributed by atoms with E-state index in [9.17, 15) is 22.8 Å². The first-order chi connectivity index (χ1) is 13.7. The minimum absolute atomic E-state index is 0.0399. The monoisotopic (exact) mass is 404 g/mol. The number of amides is 2. The zero-order chi connectivity index (χ0) is 21.2. The molecule has 1 N–H and O–H groups in total. The zero-order valence-electron chi connectivity index (χ0n) is 15.8. The second kappa shape index (κ2) is 7.98. The minimum Gasteiger partial charge on any atom is -0.457 e. The Hall–Kier alpha value is -3.29. The van der Waals surface area contributed by atoms with Gasteiger partial charge < -0.3 is 15.0 Å². The number of rotatable bonds is 4. The van der Waals surface area contributed by atoms with Crippen molar-refractivity contribution in [1.82, 2.24) is 10.2 Å². The Morgan fingerprint density at radius 1 is 1.10 bits per heavy atom. The second-order valence-corrected chi connectivity index (χ2v) is 6.59. The molecule has 2 aromatic rings. The fraction of sp³-hybridized carbons (Fsp3) is 0.238. The van der Waals surface area contributed by atoms with Crippen LogP contribution in [0.5, 0.6) is 0 Å². The largest absolute Gasteiger partial charge is 0.457 e. The number of carbonyl (C=O) groups excluding carboxylic acids is 2. The molecule has 0 saturated carbocycles. The van der Waals surface area contributed by atoms with Gasteiger partial charge in [0, 0.05) is 12.7 Å². The van der Waals surface area contributed by atoms with E-state index in [0.29, 0.717) is 0 Å². The van der Waals surface area contributed by atoms with Crippen LogP contribution in [0.1, 0.15) is 29.7 Å². The highest BCUT2D eigenvalue weighted by molar-refractivity contribution is 5.95. The number of esters is 1. The van der Waals surface area contributed by atoms with Gasteiger partial charge in [0.05, 0.1) is 17.2 Å². The lowest BCUT2D eigenvalue weighted by Crippen LogP contribution is -2.46. The number of nitrogens with zero attached hydrogens (tertiary/aromatic N) is 1. The van der Waals surface area contributed by atoms with Crippen LogP contribution in [0.3, 0.4) is 0 Å². The standard InChI is InChI=1S/C21H19F3N2O3/c1-13-17(19(27)29-12-14-8-4-3-5-9-14)18(25-20(28)26(13)2)15-10-6-7-11-16(15)21(22,23)24/h3-11,18H,12H2,1-2H3,(H,25,28)/t18-/m1/s1. The van der Waals surface area contributed by atoms with Crippen LogP contribution in [0.25, 0.3) is 0 Å². The van der Waals surface area contributed by atoms with Crippen molar-refractivity contribution in [3.63, 3.8) is 0 Å². The van der Waals surface area contributed by atoms with Crippen molar-refractivity contribution in [2.75, 3.05) is 7.05 Å². The summed E-state index contributed by atoms with van der Waals surface area (Å²) < 4.78 is 45.9. The Kier molecular flexibility index (Phi) is 5.63. The maximum absolute atomic E-state index is 13.5. The number of hydrogen-bond donors (Lipinski definition) is 1. The van der Waals surface area contributed by atoms with Gasteiger partial charge in [-0.05, 0) is 24.1 Å². The molecule has 1 aliphatic heterocycles. The summed E-state index contributed by atoms with van der Waals surface area (Å²) in [6, 6.07) is 11.9. The average molecular weight is 404 g/mol. The number of benzene rings is 2. The van der Waals surface area contributed by atoms with Gasteiger partial charge in [-0.25, -0.2) is 9.59 Å². The van der Waals surface area contributed by atoms with Gasteiger partial charge in [-0.3, -0.25) is 0 Å². The fourth-order valence-electron chi connectivity index (χ4n) is 3.14. The molecule has 152 valence electrons. The number of hydrogen-bond acceptors (Lipinski definition) is 3. The van der Waals surface area contributed by atoms with Crippen molar-refractivity contribution in [2.24, 2.45) is 0 Å². The molecule has 29 heavy (non-hydrogen) atoms. The van der Waals surface area contributed by atoms with Gasteiger partial charge in [0.1, 0.15) is 6.61 Å². The van der Waals surface area contributed by atoms with Crippen LogP contribution in [0.2, 0.25) is 0 Å². The lowest BCUT2D eigenvalue weighted by molar-refractivity contribution is -0.142. The molecule has 0 radical (unpaired) electrons. The highest BCUT2D eigenvalue weighted by atomic mass is 19.4. The summed E-state index contributed by atoms with van der Waals surface area (Å²) in [6.07, 6.45) is -4.64. The smallest absolute Gasteiger partial charge is 0.416 e. The fourth-order valence-corrected chi connectivity index (χ4v) is 3.14. The number of halogens is 3. The topological polar surface area (TPSA) is 58.6 Å². The van der Waals surface area contributed by atoms with E-state index in [4.69, 9.17) is 4.74 Å². The predicted octanol–water partition coefficient (Wildman–Crippen LogP) is 4.42. The third-order valence-electron chi connectivity index (χ3n) is 4.76. The molecule has 0 fully saturated rings. The average Bonchev–Trinajstić information content (AvgIpc) is 2.70. The van der Waals surface area contributed by atoms with Crippen LogP contribution in [0.15, 0.2) is 65.9 Å². The molecule has 8 heteroatoms. The third-order valence-corrected chi connectivity index (χ3v) is 4.76. The molecule has 3 rings (SSSR count). The first kappa shape index (κ1) is 20.4. The Balaban J connectivity index is 2.00. The molecule has 2 amide bonds. The maximum atomic E-state index is 13.5. The maximum Gasteiger partial charge on any atom is 0.416 e. The van der Waals surface area contributed by atoms with E-state index in [1.54, 1.807) is 24.3 Å². The molecule has 0 bridgehead atoms. The van der Waals surface area contributed by atoms with Gasteiger partial charge in [0.15, 0.2) is 0 Å². The molecule has 1 heterocycles. The molecule has 0 saturated heterocycles. The summed E-state index contributed by atoms with van der Waals surface area (Å²) in [4.78, 5) is 26.3. The van der Waals surface area contributed by atoms with Crippen molar-refractivity contribution in [3.05, 3.63) is 82.6 Å². The van der Waals surface area contributed by atoms with Crippen molar-refractivity contribution in [1.29, 1.82) is 0 Å². The Morgan fingerprint density at radius 3 is 2.38 bits per heavy atom. The molecule has 0 aliphatic carbocycles. The van der Waals surface area contributed by atoms with Gasteiger partial charge >= 0.3 is 18.2 Å². The predicted molar refractivity (Wildman–Crippen MR) is 99.4 cm³/mol. The van der Waals surface area contributed by atoms with Crippen LogP contribution in [-0.4, -0.2) is 23.9 Å². The lowest BCUT2D eigenvalue weighted by atomic mass is 9.91. The Bertz CT molecular complexity index is 955. The third kappa shape index (κ3) is 4.26. The van der Waals surface area contributed by atoms with Crippen LogP contribution in [0.4, 0.5) is 18.0 Å². The highest BCUT2D eigenvalue weighted by Gasteiger charge is 2.41. The Morgan fingerprint density at radius 2 is 1.72 bits per heavy atom. The quantitative estimate of drug-likeness (QED) is 0.768. The molecule has 1 aliphatic rings. The summed E-state index contributed by atoms with van der Waals surface area (Å²) in [6.45, 7) is 1.46. The van der Waals surface area contributed by atoms with Gasteiger partial charge in [-0.2, -0.15) is 13.2 Å². The molecule has 2 aromatic carbocycles. The molecule has 5 nitrogen and oxygen atoms in total. The number of nitrogens with one attached hydrogen (secondary N) is 1. The van der Waals surface area contributed by atoms with Crippen LogP contribution < -0.4 is 5.32 Å². The highest BCUT2D eigenvalue weighted by Crippen LogP contribution is 2.39. The molecule has 0 spiro atoms. The molecule has 0 unspecified atom stereocenters. The number of allylic oxidation sites excluding steroid dienone is 1. The molecular weight excluding hydrogens is 385 g/mol. The number of carbonyl (C=O) groups is 2. The van der Waals surface area contributed by atoms with Crippen molar-refractivity contribution < 1.29 is 27.5 Å². The Labute approximate surface area is 165 Å². The van der Waals surface area contributed by atoms with E-state index >= 15 is 0 Å². The second-order valence-electron chi connectivity index (χ2n) is 6.59. The van der Waals surface area contributed by atoms with Crippen molar-refractivity contribution in [2.45, 2.75) is 25.7 Å². The first-order valence-corrected chi connectivity index (χ1v) is 8.82. The summed E-state index contributed by atoms with van der Waals surface area (Å²) in [5, 5.41) is 2.48. The molecule has 1 atom stereocenters.